The number of hydrogen-bond acceptors (Lipinski definition) is 4. The van der Waals surface area contributed by atoms with Gasteiger partial charge in [0.05, 0.1) is 16.6 Å². The van der Waals surface area contributed by atoms with Crippen molar-refractivity contribution in [3.05, 3.63) is 100 Å². The molecule has 1 aromatic heterocycles. The number of anilines is 1. The maximum atomic E-state index is 13.9. The summed E-state index contributed by atoms with van der Waals surface area (Å²) in [6.45, 7) is 1.73. The fraction of sp³-hybridized carbons (Fsp3) is 0.222. The van der Waals surface area contributed by atoms with Gasteiger partial charge in [-0.05, 0) is 55.7 Å². The number of benzene rings is 3. The van der Waals surface area contributed by atoms with Crippen LogP contribution in [0.15, 0.2) is 77.6 Å². The minimum absolute atomic E-state index is 0.0750. The lowest BCUT2D eigenvalue weighted by atomic mass is 10.1. The third-order valence-electron chi connectivity index (χ3n) is 6.16. The number of nitrogens with zero attached hydrogens (tertiary/aromatic N) is 3. The van der Waals surface area contributed by atoms with Gasteiger partial charge in [0.25, 0.3) is 11.5 Å². The number of nitrogens with one attached hydrogen (secondary N) is 1. The first kappa shape index (κ1) is 21.8. The van der Waals surface area contributed by atoms with Gasteiger partial charge in [-0.3, -0.25) is 9.59 Å². The quantitative estimate of drug-likeness (QED) is 0.482. The zero-order chi connectivity index (χ0) is 23.5. The van der Waals surface area contributed by atoms with Gasteiger partial charge < -0.3 is 10.2 Å². The molecular weight excluding hydrogens is 431 g/mol. The molecule has 1 aliphatic rings. The summed E-state index contributed by atoms with van der Waals surface area (Å²) in [6, 6.07) is 20.7. The molecule has 1 aliphatic heterocycles. The van der Waals surface area contributed by atoms with E-state index in [1.807, 2.05) is 30.3 Å². The van der Waals surface area contributed by atoms with E-state index in [0.717, 1.165) is 38.0 Å². The van der Waals surface area contributed by atoms with Crippen LogP contribution in [0, 0.1) is 5.82 Å². The van der Waals surface area contributed by atoms with Crippen molar-refractivity contribution in [2.24, 2.45) is 0 Å². The van der Waals surface area contributed by atoms with E-state index in [2.05, 4.69) is 10.2 Å². The normalized spacial score (nSPS) is 13.7. The van der Waals surface area contributed by atoms with Gasteiger partial charge in [-0.2, -0.15) is 0 Å². The van der Waals surface area contributed by atoms with Gasteiger partial charge in [0.15, 0.2) is 0 Å². The Bertz CT molecular complexity index is 1400. The molecule has 0 spiro atoms. The van der Waals surface area contributed by atoms with Crippen molar-refractivity contribution < 1.29 is 9.18 Å². The van der Waals surface area contributed by atoms with Crippen LogP contribution in [0.5, 0.6) is 0 Å². The van der Waals surface area contributed by atoms with Crippen molar-refractivity contribution in [2.75, 3.05) is 18.0 Å². The summed E-state index contributed by atoms with van der Waals surface area (Å²) in [6.07, 6.45) is 3.24. The molecule has 0 atom stereocenters. The molecule has 7 heteroatoms. The summed E-state index contributed by atoms with van der Waals surface area (Å²) in [4.78, 5) is 33.4. The van der Waals surface area contributed by atoms with E-state index in [1.54, 1.807) is 41.0 Å². The highest BCUT2D eigenvalue weighted by Gasteiger charge is 2.21. The molecule has 1 fully saturated rings. The summed E-state index contributed by atoms with van der Waals surface area (Å²) < 4.78 is 15.5. The Hall–Kier alpha value is -4.00. The summed E-state index contributed by atoms with van der Waals surface area (Å²) >= 11 is 0. The molecule has 6 nitrogen and oxygen atoms in total. The molecule has 1 saturated heterocycles. The molecule has 34 heavy (non-hydrogen) atoms. The van der Waals surface area contributed by atoms with E-state index in [1.165, 1.54) is 6.07 Å². The Labute approximate surface area is 196 Å². The highest BCUT2D eigenvalue weighted by Crippen LogP contribution is 2.23. The van der Waals surface area contributed by atoms with Crippen molar-refractivity contribution in [3.63, 3.8) is 0 Å². The maximum Gasteiger partial charge on any atom is 0.267 e. The second-order valence-electron chi connectivity index (χ2n) is 8.44. The number of amides is 1. The molecule has 2 heterocycles. The number of halogens is 1. The summed E-state index contributed by atoms with van der Waals surface area (Å²) in [5.74, 6) is -0.123. The van der Waals surface area contributed by atoms with Crippen LogP contribution in [-0.2, 0) is 6.54 Å². The highest BCUT2D eigenvalue weighted by atomic mass is 19.1. The van der Waals surface area contributed by atoms with Crippen molar-refractivity contribution in [2.45, 2.75) is 25.8 Å². The van der Waals surface area contributed by atoms with Gasteiger partial charge in [-0.15, -0.1) is 0 Å². The van der Waals surface area contributed by atoms with E-state index in [-0.39, 0.29) is 23.8 Å². The molecule has 3 aromatic carbocycles. The Morgan fingerprint density at radius 3 is 2.44 bits per heavy atom. The molecule has 0 unspecified atom stereocenters. The largest absolute Gasteiger partial charge is 0.348 e. The third kappa shape index (κ3) is 4.29. The van der Waals surface area contributed by atoms with Crippen LogP contribution in [0.3, 0.4) is 0 Å². The monoisotopic (exact) mass is 456 g/mol. The first-order chi connectivity index (χ1) is 16.6. The van der Waals surface area contributed by atoms with Crippen LogP contribution in [0.4, 0.5) is 10.3 Å². The van der Waals surface area contributed by atoms with Gasteiger partial charge in [-0.25, -0.2) is 13.9 Å². The number of para-hydroxylation sites is 1. The molecule has 4 aromatic rings. The zero-order valence-corrected chi connectivity index (χ0v) is 18.7. The first-order valence-electron chi connectivity index (χ1n) is 11.5. The molecule has 1 N–H and O–H groups in total. The molecule has 1 amide bonds. The molecular formula is C27H25FN4O2. The SMILES string of the molecule is O=C(NCc1ccccc1F)c1ccc2c(=O)n(-c3ccccc3)c(N3CCCCC3)nc2c1. The van der Waals surface area contributed by atoms with E-state index in [9.17, 15) is 14.0 Å². The van der Waals surface area contributed by atoms with Gasteiger partial charge in [0.2, 0.25) is 5.95 Å². The number of rotatable bonds is 5. The molecule has 5 rings (SSSR count). The lowest BCUT2D eigenvalue weighted by molar-refractivity contribution is 0.0950. The fourth-order valence-electron chi connectivity index (χ4n) is 4.35. The van der Waals surface area contributed by atoms with Gasteiger partial charge in [-0.1, -0.05) is 36.4 Å². The number of carbonyl (C=O) groups excluding carboxylic acids is 1. The van der Waals surface area contributed by atoms with E-state index in [4.69, 9.17) is 4.98 Å². The van der Waals surface area contributed by atoms with E-state index in [0.29, 0.717) is 28.0 Å². The summed E-state index contributed by atoms with van der Waals surface area (Å²) in [7, 11) is 0. The topological polar surface area (TPSA) is 67.2 Å². The number of carbonyl (C=O) groups is 1. The van der Waals surface area contributed by atoms with Crippen LogP contribution < -0.4 is 15.8 Å². The van der Waals surface area contributed by atoms with Gasteiger partial charge in [0.1, 0.15) is 5.82 Å². The van der Waals surface area contributed by atoms with Crippen molar-refractivity contribution in [1.29, 1.82) is 0 Å². The number of piperidine rings is 1. The first-order valence-corrected chi connectivity index (χ1v) is 11.5. The molecule has 0 radical (unpaired) electrons. The van der Waals surface area contributed by atoms with Crippen LogP contribution in [0.2, 0.25) is 0 Å². The van der Waals surface area contributed by atoms with Crippen LogP contribution in [0.1, 0.15) is 35.2 Å². The van der Waals surface area contributed by atoms with Crippen molar-refractivity contribution in [1.82, 2.24) is 14.9 Å². The van der Waals surface area contributed by atoms with Crippen molar-refractivity contribution in [3.8, 4) is 5.69 Å². The Morgan fingerprint density at radius 1 is 0.941 bits per heavy atom. The minimum atomic E-state index is -0.365. The average molecular weight is 457 g/mol. The minimum Gasteiger partial charge on any atom is -0.348 e. The lowest BCUT2D eigenvalue weighted by Gasteiger charge is -2.30. The lowest BCUT2D eigenvalue weighted by Crippen LogP contribution is -2.36. The maximum absolute atomic E-state index is 13.9. The molecule has 172 valence electrons. The summed E-state index contributed by atoms with van der Waals surface area (Å²) in [5.41, 5.74) is 1.84. The second kappa shape index (κ2) is 9.47. The Kier molecular flexibility index (Phi) is 6.08. The van der Waals surface area contributed by atoms with Gasteiger partial charge >= 0.3 is 0 Å². The van der Waals surface area contributed by atoms with Crippen molar-refractivity contribution >= 4 is 22.8 Å². The van der Waals surface area contributed by atoms with Crippen LogP contribution >= 0.6 is 0 Å². The number of hydrogen-bond donors (Lipinski definition) is 1. The average Bonchev–Trinajstić information content (AvgIpc) is 2.88. The zero-order valence-electron chi connectivity index (χ0n) is 18.7. The number of fused-ring (bicyclic) bond motifs is 1. The Morgan fingerprint density at radius 2 is 1.68 bits per heavy atom. The third-order valence-corrected chi connectivity index (χ3v) is 6.16. The smallest absolute Gasteiger partial charge is 0.267 e. The number of aromatic nitrogens is 2. The predicted octanol–water partition coefficient (Wildman–Crippen LogP) is 4.45. The Balaban J connectivity index is 1.53. The summed E-state index contributed by atoms with van der Waals surface area (Å²) in [5, 5.41) is 3.19. The van der Waals surface area contributed by atoms with E-state index >= 15 is 0 Å². The standard InChI is InChI=1S/C27H25FN4O2/c28-23-12-6-5-9-20(23)18-29-25(33)19-13-14-22-24(17-19)30-27(31-15-7-2-8-16-31)32(26(22)34)21-10-3-1-4-11-21/h1,3-6,9-14,17H,2,7-8,15-16,18H2,(H,29,33). The molecule has 0 bridgehead atoms. The van der Waals surface area contributed by atoms with Crippen LogP contribution in [-0.4, -0.2) is 28.5 Å². The molecule has 0 aliphatic carbocycles. The fourth-order valence-corrected chi connectivity index (χ4v) is 4.35. The van der Waals surface area contributed by atoms with Crippen LogP contribution in [0.25, 0.3) is 16.6 Å². The predicted molar refractivity (Wildman–Crippen MR) is 131 cm³/mol. The second-order valence-corrected chi connectivity index (χ2v) is 8.44. The van der Waals surface area contributed by atoms with E-state index < -0.39 is 0 Å². The highest BCUT2D eigenvalue weighted by molar-refractivity contribution is 5.97. The molecule has 0 saturated carbocycles. The van der Waals surface area contributed by atoms with Gasteiger partial charge in [0, 0.05) is 30.8 Å².